The summed E-state index contributed by atoms with van der Waals surface area (Å²) in [5.74, 6) is -1.68. The number of nitrogens with one attached hydrogen (secondary N) is 1. The lowest BCUT2D eigenvalue weighted by molar-refractivity contribution is -0.142. The van der Waals surface area contributed by atoms with Crippen LogP contribution >= 0.6 is 11.3 Å². The van der Waals surface area contributed by atoms with Gasteiger partial charge in [-0.15, -0.1) is 11.3 Å². The molecule has 2 rings (SSSR count). The van der Waals surface area contributed by atoms with Crippen molar-refractivity contribution in [2.75, 3.05) is 11.9 Å². The number of amides is 1. The average molecular weight is 309 g/mol. The van der Waals surface area contributed by atoms with Crippen LogP contribution in [-0.2, 0) is 16.0 Å². The number of rotatable bonds is 5. The lowest BCUT2D eigenvalue weighted by Gasteiger charge is -2.01. The van der Waals surface area contributed by atoms with Gasteiger partial charge in [0.25, 0.3) is 5.91 Å². The number of hydrogen-bond donors (Lipinski definition) is 1. The Labute approximate surface area is 124 Å². The third kappa shape index (κ3) is 4.32. The fraction of sp³-hybridized carbons (Fsp3) is 0.231. The van der Waals surface area contributed by atoms with Crippen LogP contribution in [0.25, 0.3) is 0 Å². The third-order valence-electron chi connectivity index (χ3n) is 2.35. The van der Waals surface area contributed by atoms with Crippen molar-refractivity contribution < 1.29 is 18.7 Å². The first-order valence-electron chi connectivity index (χ1n) is 6.12. The highest BCUT2D eigenvalue weighted by Crippen LogP contribution is 2.17. The zero-order valence-electron chi connectivity index (χ0n) is 11.1. The molecule has 0 aliphatic rings. The highest BCUT2D eigenvalue weighted by molar-refractivity contribution is 7.14. The number of halogens is 1. The Morgan fingerprint density at radius 1 is 1.38 bits per heavy atom. The minimum atomic E-state index is -0.732. The largest absolute Gasteiger partial charge is 0.466 e. The predicted octanol–water partition coefficient (Wildman–Crippen LogP) is 2.04. The van der Waals surface area contributed by atoms with Crippen LogP contribution in [0.4, 0.5) is 9.52 Å². The fourth-order valence-electron chi connectivity index (χ4n) is 1.50. The van der Waals surface area contributed by atoms with Crippen LogP contribution in [0, 0.1) is 5.95 Å². The lowest BCUT2D eigenvalue weighted by Crippen LogP contribution is -2.14. The Balaban J connectivity index is 1.99. The average Bonchev–Trinajstić information content (AvgIpc) is 2.86. The Bertz CT molecular complexity index is 660. The summed E-state index contributed by atoms with van der Waals surface area (Å²) in [6, 6.07) is 3.94. The van der Waals surface area contributed by atoms with Gasteiger partial charge in [0.15, 0.2) is 5.13 Å². The maximum atomic E-state index is 12.9. The molecule has 2 aromatic heterocycles. The van der Waals surface area contributed by atoms with Crippen LogP contribution in [0.5, 0.6) is 0 Å². The number of thiazole rings is 1. The zero-order chi connectivity index (χ0) is 15.2. The summed E-state index contributed by atoms with van der Waals surface area (Å²) in [6.45, 7) is 2.02. The Morgan fingerprint density at radius 3 is 2.90 bits per heavy atom. The molecule has 0 aromatic carbocycles. The van der Waals surface area contributed by atoms with Crippen molar-refractivity contribution in [3.8, 4) is 0 Å². The molecule has 0 saturated carbocycles. The molecular weight excluding hydrogens is 297 g/mol. The van der Waals surface area contributed by atoms with Crippen molar-refractivity contribution in [1.82, 2.24) is 9.97 Å². The molecule has 0 spiro atoms. The van der Waals surface area contributed by atoms with E-state index >= 15 is 0 Å². The molecule has 0 radical (unpaired) electrons. The number of nitrogens with zero attached hydrogens (tertiary/aromatic N) is 2. The smallest absolute Gasteiger partial charge is 0.311 e. The second-order valence-electron chi connectivity index (χ2n) is 3.93. The van der Waals surface area contributed by atoms with Gasteiger partial charge in [-0.2, -0.15) is 4.39 Å². The zero-order valence-corrected chi connectivity index (χ0v) is 11.9. The molecule has 0 bridgehead atoms. The Kier molecular flexibility index (Phi) is 4.94. The molecule has 21 heavy (non-hydrogen) atoms. The maximum Gasteiger partial charge on any atom is 0.311 e. The molecule has 0 atom stereocenters. The van der Waals surface area contributed by atoms with E-state index in [0.717, 1.165) is 17.4 Å². The first-order chi connectivity index (χ1) is 10.1. The molecule has 6 nitrogen and oxygen atoms in total. The molecule has 0 fully saturated rings. The summed E-state index contributed by atoms with van der Waals surface area (Å²) >= 11 is 1.16. The second kappa shape index (κ2) is 6.89. The highest BCUT2D eigenvalue weighted by atomic mass is 32.1. The summed E-state index contributed by atoms with van der Waals surface area (Å²) in [6.07, 6.45) is 0.0401. The van der Waals surface area contributed by atoms with Gasteiger partial charge in [-0.3, -0.25) is 14.9 Å². The molecule has 8 heteroatoms. The van der Waals surface area contributed by atoms with E-state index in [-0.39, 0.29) is 18.1 Å². The molecule has 0 saturated heterocycles. The standard InChI is InChI=1S/C13H12FN3O3S/c1-2-20-11(18)6-8-7-21-13(15-8)17-12(19)9-4-3-5-10(14)16-9/h3-5,7H,2,6H2,1H3,(H,15,17,19). The molecule has 1 amide bonds. The number of anilines is 1. The van der Waals surface area contributed by atoms with Gasteiger partial charge in [-0.05, 0) is 19.1 Å². The molecular formula is C13H12FN3O3S. The molecule has 1 N–H and O–H groups in total. The van der Waals surface area contributed by atoms with Crippen molar-refractivity contribution in [2.45, 2.75) is 13.3 Å². The summed E-state index contributed by atoms with van der Waals surface area (Å²) in [5, 5.41) is 4.45. The quantitative estimate of drug-likeness (QED) is 0.675. The molecule has 110 valence electrons. The summed E-state index contributed by atoms with van der Waals surface area (Å²) in [5.41, 5.74) is 0.457. The monoisotopic (exact) mass is 309 g/mol. The van der Waals surface area contributed by atoms with Crippen LogP contribution in [0.3, 0.4) is 0 Å². The van der Waals surface area contributed by atoms with Crippen LogP contribution < -0.4 is 5.32 Å². The van der Waals surface area contributed by atoms with Crippen molar-refractivity contribution in [3.05, 3.63) is 40.9 Å². The van der Waals surface area contributed by atoms with Crippen LogP contribution in [-0.4, -0.2) is 28.5 Å². The number of carbonyl (C=O) groups is 2. The topological polar surface area (TPSA) is 81.2 Å². The third-order valence-corrected chi connectivity index (χ3v) is 3.16. The summed E-state index contributed by atoms with van der Waals surface area (Å²) in [7, 11) is 0. The van der Waals surface area contributed by atoms with Crippen molar-refractivity contribution in [1.29, 1.82) is 0 Å². The van der Waals surface area contributed by atoms with E-state index < -0.39 is 11.9 Å². The van der Waals surface area contributed by atoms with E-state index in [1.165, 1.54) is 12.1 Å². The van der Waals surface area contributed by atoms with Crippen LogP contribution in [0.15, 0.2) is 23.6 Å². The van der Waals surface area contributed by atoms with E-state index in [1.54, 1.807) is 12.3 Å². The van der Waals surface area contributed by atoms with E-state index in [9.17, 15) is 14.0 Å². The van der Waals surface area contributed by atoms with Gasteiger partial charge in [-0.1, -0.05) is 6.07 Å². The van der Waals surface area contributed by atoms with E-state index in [0.29, 0.717) is 17.4 Å². The van der Waals surface area contributed by atoms with Crippen molar-refractivity contribution in [3.63, 3.8) is 0 Å². The number of carbonyl (C=O) groups excluding carboxylic acids is 2. The van der Waals surface area contributed by atoms with Gasteiger partial charge in [0.1, 0.15) is 5.69 Å². The number of hydrogen-bond acceptors (Lipinski definition) is 6. The number of esters is 1. The first kappa shape index (κ1) is 15.0. The van der Waals surface area contributed by atoms with Gasteiger partial charge in [-0.25, -0.2) is 9.97 Å². The Hall–Kier alpha value is -2.35. The lowest BCUT2D eigenvalue weighted by atomic mass is 10.3. The number of pyridine rings is 1. The number of ether oxygens (including phenoxy) is 1. The van der Waals surface area contributed by atoms with E-state index in [2.05, 4.69) is 15.3 Å². The Morgan fingerprint density at radius 2 is 2.19 bits per heavy atom. The fourth-order valence-corrected chi connectivity index (χ4v) is 2.21. The highest BCUT2D eigenvalue weighted by Gasteiger charge is 2.12. The minimum Gasteiger partial charge on any atom is -0.466 e. The molecule has 0 aliphatic heterocycles. The summed E-state index contributed by atoms with van der Waals surface area (Å²) < 4.78 is 17.7. The van der Waals surface area contributed by atoms with E-state index in [1.807, 2.05) is 0 Å². The van der Waals surface area contributed by atoms with Gasteiger partial charge in [0.2, 0.25) is 5.95 Å². The molecule has 0 aliphatic carbocycles. The van der Waals surface area contributed by atoms with Crippen molar-refractivity contribution >= 4 is 28.3 Å². The number of aromatic nitrogens is 2. The first-order valence-corrected chi connectivity index (χ1v) is 7.00. The predicted molar refractivity (Wildman–Crippen MR) is 74.6 cm³/mol. The van der Waals surface area contributed by atoms with Crippen LogP contribution in [0.1, 0.15) is 23.1 Å². The van der Waals surface area contributed by atoms with Crippen molar-refractivity contribution in [2.24, 2.45) is 0 Å². The SMILES string of the molecule is CCOC(=O)Cc1csc(NC(=O)c2cccc(F)n2)n1. The van der Waals surface area contributed by atoms with Gasteiger partial charge >= 0.3 is 5.97 Å². The molecule has 2 heterocycles. The molecule has 0 unspecified atom stereocenters. The van der Waals surface area contributed by atoms with E-state index in [4.69, 9.17) is 4.74 Å². The van der Waals surface area contributed by atoms with Crippen LogP contribution in [0.2, 0.25) is 0 Å². The van der Waals surface area contributed by atoms with Gasteiger partial charge in [0, 0.05) is 5.38 Å². The minimum absolute atomic E-state index is 0.0401. The second-order valence-corrected chi connectivity index (χ2v) is 4.78. The molecule has 2 aromatic rings. The van der Waals surface area contributed by atoms with Gasteiger partial charge < -0.3 is 4.74 Å². The normalized spacial score (nSPS) is 10.2. The van der Waals surface area contributed by atoms with Gasteiger partial charge in [0.05, 0.1) is 18.7 Å². The summed E-state index contributed by atoms with van der Waals surface area (Å²) in [4.78, 5) is 30.7. The maximum absolute atomic E-state index is 12.9.